The highest BCUT2D eigenvalue weighted by molar-refractivity contribution is 6.58. The summed E-state index contributed by atoms with van der Waals surface area (Å²) in [5, 5.41) is 30.7. The Labute approximate surface area is 230 Å². The summed E-state index contributed by atoms with van der Waals surface area (Å²) in [6.07, 6.45) is 3.60. The number of aryl methyl sites for hydroxylation is 1. The van der Waals surface area contributed by atoms with Crippen LogP contribution < -0.4 is 15.8 Å². The monoisotopic (exact) mass is 538 g/mol. The number of carbonyl (C=O) groups excluding carboxylic acids is 1. The van der Waals surface area contributed by atoms with E-state index in [9.17, 15) is 24.7 Å². The van der Waals surface area contributed by atoms with Gasteiger partial charge in [-0.15, -0.1) is 0 Å². The molecular weight excluding hydrogens is 511 g/mol. The van der Waals surface area contributed by atoms with Gasteiger partial charge in [0.1, 0.15) is 19.0 Å². The zero-order valence-electron chi connectivity index (χ0n) is 22.0. The Morgan fingerprint density at radius 2 is 1.90 bits per heavy atom. The highest BCUT2D eigenvalue weighted by Gasteiger charge is 2.45. The van der Waals surface area contributed by atoms with Crippen LogP contribution in [0, 0.1) is 0 Å². The van der Waals surface area contributed by atoms with Gasteiger partial charge in [0.15, 0.2) is 0 Å². The Balaban J connectivity index is 1.40. The van der Waals surface area contributed by atoms with E-state index < -0.39 is 18.7 Å². The van der Waals surface area contributed by atoms with Crippen LogP contribution in [0.25, 0.3) is 22.3 Å². The van der Waals surface area contributed by atoms with Crippen molar-refractivity contribution in [1.82, 2.24) is 9.55 Å². The van der Waals surface area contributed by atoms with Crippen molar-refractivity contribution in [2.75, 3.05) is 0 Å². The van der Waals surface area contributed by atoms with E-state index in [4.69, 9.17) is 14.5 Å². The van der Waals surface area contributed by atoms with Crippen molar-refractivity contribution in [3.05, 3.63) is 98.9 Å². The van der Waals surface area contributed by atoms with Gasteiger partial charge in [-0.05, 0) is 60.3 Å². The maximum absolute atomic E-state index is 13.6. The molecule has 2 aliphatic rings. The lowest BCUT2D eigenvalue weighted by molar-refractivity contribution is -0.166. The van der Waals surface area contributed by atoms with Crippen LogP contribution in [0.3, 0.4) is 0 Å². The largest absolute Gasteiger partial charge is 0.489 e. The standard InChI is InChI=1S/C30H27BN2O7/c1-3-11-30(36)24-13-26-27-22(14-33(26)28(34)23(24)16-40-29(30)35)20(4-2)21-12-19(9-10-25(21)32-27)39-15-17-5-7-18(8-6-17)31(37)38/h3,5-13,36-38H,4,14-16H2,1-2H3/b11-3+/t30-/m0/s1. The fourth-order valence-corrected chi connectivity index (χ4v) is 5.61. The number of benzene rings is 2. The molecule has 0 aliphatic carbocycles. The van der Waals surface area contributed by atoms with Gasteiger partial charge in [-0.3, -0.25) is 4.79 Å². The van der Waals surface area contributed by atoms with Crippen molar-refractivity contribution >= 4 is 29.5 Å². The number of aliphatic hydroxyl groups is 1. The third-order valence-corrected chi connectivity index (χ3v) is 7.65. The lowest BCUT2D eigenvalue weighted by atomic mass is 9.80. The lowest BCUT2D eigenvalue weighted by Crippen LogP contribution is -2.43. The fourth-order valence-electron chi connectivity index (χ4n) is 5.61. The van der Waals surface area contributed by atoms with Crippen LogP contribution in [0.1, 0.15) is 41.7 Å². The van der Waals surface area contributed by atoms with Gasteiger partial charge in [0.05, 0.1) is 29.0 Å². The van der Waals surface area contributed by atoms with Crippen LogP contribution in [0.15, 0.2) is 65.5 Å². The van der Waals surface area contributed by atoms with E-state index in [1.165, 1.54) is 6.08 Å². The quantitative estimate of drug-likeness (QED) is 0.170. The second-order valence-corrected chi connectivity index (χ2v) is 10.0. The molecule has 0 amide bonds. The van der Waals surface area contributed by atoms with E-state index in [1.807, 2.05) is 25.1 Å². The molecule has 0 bridgehead atoms. The number of ether oxygens (including phenoxy) is 2. The smallest absolute Gasteiger partial charge is 0.488 e. The molecule has 202 valence electrons. The summed E-state index contributed by atoms with van der Waals surface area (Å²) in [5.74, 6) is -0.152. The Morgan fingerprint density at radius 1 is 1.12 bits per heavy atom. The number of aromatic nitrogens is 2. The molecule has 0 fully saturated rings. The van der Waals surface area contributed by atoms with Crippen molar-refractivity contribution in [1.29, 1.82) is 0 Å². The van der Waals surface area contributed by atoms with Crippen LogP contribution in [0.4, 0.5) is 0 Å². The third-order valence-electron chi connectivity index (χ3n) is 7.65. The Kier molecular flexibility index (Phi) is 6.33. The average Bonchev–Trinajstić information content (AvgIpc) is 3.32. The van der Waals surface area contributed by atoms with Crippen molar-refractivity contribution in [3.63, 3.8) is 0 Å². The van der Waals surface area contributed by atoms with Crippen LogP contribution in [0.2, 0.25) is 0 Å². The molecule has 0 saturated heterocycles. The third kappa shape index (κ3) is 4.03. The minimum absolute atomic E-state index is 0.191. The van der Waals surface area contributed by atoms with Gasteiger partial charge in [-0.25, -0.2) is 9.78 Å². The van der Waals surface area contributed by atoms with E-state index in [-0.39, 0.29) is 23.3 Å². The number of nitrogens with zero attached hydrogens (tertiary/aromatic N) is 2. The second kappa shape index (κ2) is 9.74. The summed E-state index contributed by atoms with van der Waals surface area (Å²) in [6.45, 7) is 4.17. The van der Waals surface area contributed by atoms with Crippen LogP contribution >= 0.6 is 0 Å². The SMILES string of the molecule is C/C=C/[C@@]1(O)C(=O)OCc2c1cc1n(c2=O)Cc2c-1nc1ccc(OCc3ccc(B(O)O)cc3)cc1c2CC. The van der Waals surface area contributed by atoms with Gasteiger partial charge in [-0.1, -0.05) is 37.3 Å². The fraction of sp³-hybridized carbons (Fsp3) is 0.233. The molecule has 3 N–H and O–H groups in total. The highest BCUT2D eigenvalue weighted by Crippen LogP contribution is 2.40. The van der Waals surface area contributed by atoms with E-state index >= 15 is 0 Å². The first kappa shape index (κ1) is 26.0. The number of allylic oxidation sites excluding steroid dienone is 1. The topological polar surface area (TPSA) is 131 Å². The second-order valence-electron chi connectivity index (χ2n) is 10.0. The Bertz CT molecular complexity index is 1760. The molecule has 0 radical (unpaired) electrons. The number of hydrogen-bond donors (Lipinski definition) is 3. The lowest BCUT2D eigenvalue weighted by Gasteiger charge is -2.30. The van der Waals surface area contributed by atoms with E-state index in [2.05, 4.69) is 0 Å². The van der Waals surface area contributed by atoms with Crippen LogP contribution in [0.5, 0.6) is 5.75 Å². The van der Waals surface area contributed by atoms with Crippen molar-refractivity contribution in [3.8, 4) is 17.1 Å². The minimum Gasteiger partial charge on any atom is -0.489 e. The highest BCUT2D eigenvalue weighted by atomic mass is 16.6. The zero-order chi connectivity index (χ0) is 28.2. The van der Waals surface area contributed by atoms with E-state index in [0.717, 1.165) is 27.6 Å². The summed E-state index contributed by atoms with van der Waals surface area (Å²) >= 11 is 0. The number of rotatable bonds is 6. The van der Waals surface area contributed by atoms with Gasteiger partial charge >= 0.3 is 13.1 Å². The molecule has 0 saturated carbocycles. The van der Waals surface area contributed by atoms with Crippen LogP contribution in [-0.2, 0) is 41.3 Å². The Hall–Kier alpha value is -4.25. The number of carbonyl (C=O) groups is 1. The molecule has 9 nitrogen and oxygen atoms in total. The molecule has 2 aliphatic heterocycles. The summed E-state index contributed by atoms with van der Waals surface area (Å²) in [5.41, 5.74) is 3.37. The summed E-state index contributed by atoms with van der Waals surface area (Å²) < 4.78 is 12.8. The number of esters is 1. The number of hydrogen-bond acceptors (Lipinski definition) is 8. The van der Waals surface area contributed by atoms with Crippen molar-refractivity contribution < 1.29 is 29.4 Å². The normalized spacial score (nSPS) is 17.5. The first-order chi connectivity index (χ1) is 19.2. The molecule has 1 atom stereocenters. The van der Waals surface area contributed by atoms with Gasteiger partial charge < -0.3 is 29.2 Å². The first-order valence-corrected chi connectivity index (χ1v) is 13.1. The Morgan fingerprint density at radius 3 is 2.60 bits per heavy atom. The van der Waals surface area contributed by atoms with Crippen LogP contribution in [-0.4, -0.2) is 37.8 Å². The van der Waals surface area contributed by atoms with Crippen molar-refractivity contribution in [2.45, 2.75) is 45.6 Å². The molecule has 10 heteroatoms. The zero-order valence-corrected chi connectivity index (χ0v) is 22.0. The number of fused-ring (bicyclic) bond motifs is 5. The molecule has 6 rings (SSSR count). The van der Waals surface area contributed by atoms with Gasteiger partial charge in [-0.2, -0.15) is 0 Å². The summed E-state index contributed by atoms with van der Waals surface area (Å²) in [6, 6.07) is 14.2. The molecule has 2 aromatic carbocycles. The maximum Gasteiger partial charge on any atom is 0.488 e. The van der Waals surface area contributed by atoms with Gasteiger partial charge in [0.25, 0.3) is 5.56 Å². The molecule has 2 aromatic heterocycles. The van der Waals surface area contributed by atoms with E-state index in [1.54, 1.807) is 47.9 Å². The molecule has 4 heterocycles. The molecule has 4 aromatic rings. The average molecular weight is 538 g/mol. The first-order valence-electron chi connectivity index (χ1n) is 13.1. The predicted molar refractivity (Wildman–Crippen MR) is 149 cm³/mol. The van der Waals surface area contributed by atoms with Crippen molar-refractivity contribution in [2.24, 2.45) is 0 Å². The molecule has 0 spiro atoms. The summed E-state index contributed by atoms with van der Waals surface area (Å²) in [4.78, 5) is 31.0. The molecule has 40 heavy (non-hydrogen) atoms. The van der Waals surface area contributed by atoms with E-state index in [0.29, 0.717) is 42.2 Å². The number of cyclic esters (lactones) is 1. The summed E-state index contributed by atoms with van der Waals surface area (Å²) in [7, 11) is -1.51. The minimum atomic E-state index is -2.03. The maximum atomic E-state index is 13.6. The molecule has 0 unspecified atom stereocenters. The van der Waals surface area contributed by atoms with Gasteiger partial charge in [0.2, 0.25) is 5.60 Å². The number of pyridine rings is 2. The molecular formula is C30H27BN2O7. The predicted octanol–water partition coefficient (Wildman–Crippen LogP) is 2.07. The van der Waals surface area contributed by atoms with Gasteiger partial charge in [0, 0.05) is 16.5 Å².